The first-order chi connectivity index (χ1) is 9.47. The SMILES string of the molecule is CC(C)Cn1ccnc(NC2CCC(C)CC2C)c1=O. The third kappa shape index (κ3) is 3.62. The highest BCUT2D eigenvalue weighted by Crippen LogP contribution is 2.29. The van der Waals surface area contributed by atoms with Crippen LogP contribution in [0, 0.1) is 17.8 Å². The third-order valence-electron chi connectivity index (χ3n) is 4.23. The molecule has 0 aliphatic heterocycles. The van der Waals surface area contributed by atoms with Crippen LogP contribution < -0.4 is 10.9 Å². The van der Waals surface area contributed by atoms with Crippen molar-refractivity contribution in [1.29, 1.82) is 0 Å². The highest BCUT2D eigenvalue weighted by molar-refractivity contribution is 5.32. The van der Waals surface area contributed by atoms with Gasteiger partial charge in [0.15, 0.2) is 5.82 Å². The second-order valence-corrected chi connectivity index (χ2v) is 6.77. The smallest absolute Gasteiger partial charge is 0.293 e. The minimum atomic E-state index is 0.00650. The van der Waals surface area contributed by atoms with Crippen molar-refractivity contribution < 1.29 is 0 Å². The summed E-state index contributed by atoms with van der Waals surface area (Å²) in [4.78, 5) is 16.6. The lowest BCUT2D eigenvalue weighted by Gasteiger charge is -2.33. The molecule has 1 N–H and O–H groups in total. The van der Waals surface area contributed by atoms with Gasteiger partial charge in [0.2, 0.25) is 0 Å². The second-order valence-electron chi connectivity index (χ2n) is 6.77. The van der Waals surface area contributed by atoms with E-state index in [1.165, 1.54) is 12.8 Å². The Morgan fingerprint density at radius 2 is 2.15 bits per heavy atom. The molecule has 4 nitrogen and oxygen atoms in total. The highest BCUT2D eigenvalue weighted by atomic mass is 16.1. The van der Waals surface area contributed by atoms with Crippen LogP contribution in [0.15, 0.2) is 17.2 Å². The van der Waals surface area contributed by atoms with Gasteiger partial charge >= 0.3 is 0 Å². The molecule has 0 radical (unpaired) electrons. The van der Waals surface area contributed by atoms with Gasteiger partial charge in [0, 0.05) is 25.0 Å². The Labute approximate surface area is 121 Å². The summed E-state index contributed by atoms with van der Waals surface area (Å²) in [6, 6.07) is 0.376. The van der Waals surface area contributed by atoms with Crippen LogP contribution in [0.25, 0.3) is 0 Å². The maximum Gasteiger partial charge on any atom is 0.293 e. The fourth-order valence-electron chi connectivity index (χ4n) is 3.14. The standard InChI is InChI=1S/C16H27N3O/c1-11(2)10-19-8-7-17-15(16(19)20)18-14-6-5-12(3)9-13(14)4/h7-8,11-14H,5-6,9-10H2,1-4H3,(H,17,18). The van der Waals surface area contributed by atoms with Gasteiger partial charge in [-0.3, -0.25) is 4.79 Å². The van der Waals surface area contributed by atoms with Crippen LogP contribution in [0.5, 0.6) is 0 Å². The monoisotopic (exact) mass is 277 g/mol. The lowest BCUT2D eigenvalue weighted by atomic mass is 9.80. The molecule has 4 heteroatoms. The minimum Gasteiger partial charge on any atom is -0.362 e. The number of hydrogen-bond acceptors (Lipinski definition) is 3. The normalized spacial score (nSPS) is 26.8. The Bertz CT molecular complexity index is 495. The van der Waals surface area contributed by atoms with E-state index in [1.807, 2.05) is 0 Å². The molecule has 0 bridgehead atoms. The van der Waals surface area contributed by atoms with Crippen molar-refractivity contribution in [3.63, 3.8) is 0 Å². The van der Waals surface area contributed by atoms with Gasteiger partial charge in [0.25, 0.3) is 5.56 Å². The van der Waals surface area contributed by atoms with Crippen molar-refractivity contribution in [2.45, 2.75) is 59.5 Å². The first kappa shape index (κ1) is 15.1. The second kappa shape index (κ2) is 6.42. The first-order valence-electron chi connectivity index (χ1n) is 7.79. The molecule has 3 atom stereocenters. The molecule has 1 aliphatic rings. The number of aromatic nitrogens is 2. The van der Waals surface area contributed by atoms with Crippen LogP contribution >= 0.6 is 0 Å². The molecule has 1 aromatic rings. The van der Waals surface area contributed by atoms with Crippen molar-refractivity contribution in [3.05, 3.63) is 22.7 Å². The van der Waals surface area contributed by atoms with Gasteiger partial charge in [-0.2, -0.15) is 0 Å². The van der Waals surface area contributed by atoms with Gasteiger partial charge < -0.3 is 9.88 Å². The molecule has 1 fully saturated rings. The summed E-state index contributed by atoms with van der Waals surface area (Å²) in [6.45, 7) is 9.55. The first-order valence-corrected chi connectivity index (χ1v) is 7.79. The van der Waals surface area contributed by atoms with E-state index in [-0.39, 0.29) is 5.56 Å². The minimum absolute atomic E-state index is 0.00650. The zero-order chi connectivity index (χ0) is 14.7. The van der Waals surface area contributed by atoms with Crippen LogP contribution in [-0.2, 0) is 6.54 Å². The molecule has 1 saturated carbocycles. The van der Waals surface area contributed by atoms with Crippen molar-refractivity contribution in [1.82, 2.24) is 9.55 Å². The molecule has 1 aliphatic carbocycles. The average Bonchev–Trinajstić information content (AvgIpc) is 2.36. The molecular weight excluding hydrogens is 250 g/mol. The van der Waals surface area contributed by atoms with E-state index >= 15 is 0 Å². The Morgan fingerprint density at radius 3 is 2.80 bits per heavy atom. The summed E-state index contributed by atoms with van der Waals surface area (Å²) in [5.74, 6) is 2.36. The fraction of sp³-hybridized carbons (Fsp3) is 0.750. The summed E-state index contributed by atoms with van der Waals surface area (Å²) in [5.41, 5.74) is 0.00650. The molecule has 1 heterocycles. The Morgan fingerprint density at radius 1 is 1.40 bits per heavy atom. The molecule has 2 rings (SSSR count). The van der Waals surface area contributed by atoms with Crippen LogP contribution in [0.3, 0.4) is 0 Å². The van der Waals surface area contributed by atoms with Crippen LogP contribution in [0.1, 0.15) is 47.0 Å². The molecular formula is C16H27N3O. The largest absolute Gasteiger partial charge is 0.362 e. The predicted molar refractivity (Wildman–Crippen MR) is 82.9 cm³/mol. The summed E-state index contributed by atoms with van der Waals surface area (Å²) >= 11 is 0. The topological polar surface area (TPSA) is 46.9 Å². The van der Waals surface area contributed by atoms with E-state index in [4.69, 9.17) is 0 Å². The van der Waals surface area contributed by atoms with E-state index in [2.05, 4.69) is 38.0 Å². The quantitative estimate of drug-likeness (QED) is 0.919. The summed E-state index contributed by atoms with van der Waals surface area (Å²) in [5, 5.41) is 3.39. The van der Waals surface area contributed by atoms with E-state index in [0.717, 1.165) is 18.9 Å². The summed E-state index contributed by atoms with van der Waals surface area (Å²) in [6.07, 6.45) is 7.09. The maximum absolute atomic E-state index is 12.4. The molecule has 0 spiro atoms. The van der Waals surface area contributed by atoms with E-state index < -0.39 is 0 Å². The molecule has 20 heavy (non-hydrogen) atoms. The molecule has 0 aromatic carbocycles. The zero-order valence-corrected chi connectivity index (χ0v) is 13.1. The van der Waals surface area contributed by atoms with E-state index in [1.54, 1.807) is 17.0 Å². The lowest BCUT2D eigenvalue weighted by Crippen LogP contribution is -2.36. The van der Waals surface area contributed by atoms with Crippen LogP contribution in [0.2, 0.25) is 0 Å². The van der Waals surface area contributed by atoms with Crippen molar-refractivity contribution in [2.75, 3.05) is 5.32 Å². The number of nitrogens with zero attached hydrogens (tertiary/aromatic N) is 2. The molecule has 3 unspecified atom stereocenters. The molecule has 0 amide bonds. The zero-order valence-electron chi connectivity index (χ0n) is 13.1. The van der Waals surface area contributed by atoms with E-state index in [9.17, 15) is 4.79 Å². The van der Waals surface area contributed by atoms with Crippen molar-refractivity contribution in [3.8, 4) is 0 Å². The van der Waals surface area contributed by atoms with Crippen molar-refractivity contribution in [2.24, 2.45) is 17.8 Å². The van der Waals surface area contributed by atoms with Gasteiger partial charge in [-0.1, -0.05) is 27.7 Å². The van der Waals surface area contributed by atoms with Gasteiger partial charge in [-0.15, -0.1) is 0 Å². The maximum atomic E-state index is 12.4. The molecule has 1 aromatic heterocycles. The number of rotatable bonds is 4. The summed E-state index contributed by atoms with van der Waals surface area (Å²) < 4.78 is 1.76. The Kier molecular flexibility index (Phi) is 4.84. The molecule has 112 valence electrons. The van der Waals surface area contributed by atoms with E-state index in [0.29, 0.717) is 23.7 Å². The third-order valence-corrected chi connectivity index (χ3v) is 4.23. The van der Waals surface area contributed by atoms with Gasteiger partial charge in [0.1, 0.15) is 0 Å². The molecule has 0 saturated heterocycles. The Balaban J connectivity index is 2.11. The predicted octanol–water partition coefficient (Wildman–Crippen LogP) is 3.14. The van der Waals surface area contributed by atoms with Crippen LogP contribution in [-0.4, -0.2) is 15.6 Å². The van der Waals surface area contributed by atoms with Crippen LogP contribution in [0.4, 0.5) is 5.82 Å². The average molecular weight is 277 g/mol. The number of nitrogens with one attached hydrogen (secondary N) is 1. The lowest BCUT2D eigenvalue weighted by molar-refractivity contribution is 0.276. The van der Waals surface area contributed by atoms with Gasteiger partial charge in [-0.25, -0.2) is 4.98 Å². The van der Waals surface area contributed by atoms with Crippen molar-refractivity contribution >= 4 is 5.82 Å². The number of anilines is 1. The van der Waals surface area contributed by atoms with Gasteiger partial charge in [0.05, 0.1) is 0 Å². The highest BCUT2D eigenvalue weighted by Gasteiger charge is 2.26. The Hall–Kier alpha value is -1.32. The van der Waals surface area contributed by atoms with Gasteiger partial charge in [-0.05, 0) is 37.0 Å². The summed E-state index contributed by atoms with van der Waals surface area (Å²) in [7, 11) is 0. The fourth-order valence-corrected chi connectivity index (χ4v) is 3.14. The number of hydrogen-bond donors (Lipinski definition) is 1.